The van der Waals surface area contributed by atoms with E-state index in [0.717, 1.165) is 5.56 Å². The Balaban J connectivity index is 0.00000254. The molecule has 7 nitrogen and oxygen atoms in total. The largest absolute Gasteiger partial charge is 0.443 e. The fourth-order valence-electron chi connectivity index (χ4n) is 1.35. The minimum Gasteiger partial charge on any atom is -0.443 e. The van der Waals surface area contributed by atoms with Crippen LogP contribution in [0.4, 0.5) is 15.5 Å². The molecule has 0 saturated carbocycles. The summed E-state index contributed by atoms with van der Waals surface area (Å²) in [5.74, 6) is -0.0888. The summed E-state index contributed by atoms with van der Waals surface area (Å²) in [6.07, 6.45) is 1.24. The maximum absolute atomic E-state index is 12.3. The minimum absolute atomic E-state index is 0.0888. The van der Waals surface area contributed by atoms with E-state index >= 15 is 0 Å². The molecule has 1 rings (SSSR count). The molecule has 0 aliphatic heterocycles. The second kappa shape index (κ2) is 8.61. The van der Waals surface area contributed by atoms with Crippen LogP contribution < -0.4 is 4.90 Å². The number of ether oxygens (including phenoxy) is 2. The van der Waals surface area contributed by atoms with Crippen LogP contribution in [0, 0.1) is 6.92 Å². The van der Waals surface area contributed by atoms with E-state index in [-0.39, 0.29) is 5.95 Å². The van der Waals surface area contributed by atoms with Crippen LogP contribution in [0.1, 0.15) is 61.0 Å². The van der Waals surface area contributed by atoms with E-state index in [1.54, 1.807) is 48.5 Å². The number of nitrogens with zero attached hydrogens (tertiary/aromatic N) is 3. The average molecular weight is 339 g/mol. The zero-order valence-electron chi connectivity index (χ0n) is 16.1. The van der Waals surface area contributed by atoms with Crippen LogP contribution in [-0.4, -0.2) is 33.4 Å². The van der Waals surface area contributed by atoms with Gasteiger partial charge in [0.2, 0.25) is 5.95 Å². The zero-order chi connectivity index (χ0) is 19.1. The molecule has 0 aliphatic rings. The summed E-state index contributed by atoms with van der Waals surface area (Å²) in [6.45, 7) is 16.0. The molecule has 1 heterocycles. The molecule has 24 heavy (non-hydrogen) atoms. The lowest BCUT2D eigenvalue weighted by molar-refractivity contribution is 0.0427. The number of aryl methyl sites for hydroxylation is 1. The molecule has 0 radical (unpaired) electrons. The summed E-state index contributed by atoms with van der Waals surface area (Å²) in [7, 11) is 0. The predicted molar refractivity (Wildman–Crippen MR) is 93.1 cm³/mol. The van der Waals surface area contributed by atoms with Crippen LogP contribution in [0.2, 0.25) is 0 Å². The number of carbonyl (C=O) groups is 2. The van der Waals surface area contributed by atoms with Gasteiger partial charge in [0.25, 0.3) is 0 Å². The van der Waals surface area contributed by atoms with Crippen molar-refractivity contribution in [3.05, 3.63) is 18.0 Å². The van der Waals surface area contributed by atoms with Crippen molar-refractivity contribution in [2.75, 3.05) is 4.90 Å². The Morgan fingerprint density at radius 2 is 1.21 bits per heavy atom. The molecule has 0 unspecified atom stereocenters. The molecule has 2 amide bonds. The summed E-state index contributed by atoms with van der Waals surface area (Å²) in [4.78, 5) is 33.3. The van der Waals surface area contributed by atoms with Gasteiger partial charge in [-0.25, -0.2) is 19.6 Å². The van der Waals surface area contributed by atoms with Crippen LogP contribution in [0.25, 0.3) is 0 Å². The molecule has 0 fully saturated rings. The molecule has 0 N–H and O–H groups in total. The van der Waals surface area contributed by atoms with Gasteiger partial charge in [-0.1, -0.05) is 13.8 Å². The van der Waals surface area contributed by atoms with Crippen LogP contribution in [0.5, 0.6) is 0 Å². The third-order valence-corrected chi connectivity index (χ3v) is 2.12. The molecule has 0 saturated heterocycles. The quantitative estimate of drug-likeness (QED) is 0.750. The predicted octanol–water partition coefficient (Wildman–Crippen LogP) is 4.49. The number of anilines is 1. The van der Waals surface area contributed by atoms with Gasteiger partial charge in [-0.05, 0) is 54.0 Å². The number of aromatic nitrogens is 2. The first-order valence-electron chi connectivity index (χ1n) is 7.94. The maximum Gasteiger partial charge on any atom is 0.427 e. The van der Waals surface area contributed by atoms with Gasteiger partial charge >= 0.3 is 12.2 Å². The molecular weight excluding hydrogens is 310 g/mol. The van der Waals surface area contributed by atoms with E-state index in [1.807, 2.05) is 13.8 Å². The Morgan fingerprint density at radius 3 is 1.50 bits per heavy atom. The summed E-state index contributed by atoms with van der Waals surface area (Å²) in [5.41, 5.74) is -0.721. The number of carbonyl (C=O) groups excluding carboxylic acids is 2. The molecule has 0 spiro atoms. The highest BCUT2D eigenvalue weighted by atomic mass is 16.6. The molecule has 1 aromatic heterocycles. The van der Waals surface area contributed by atoms with Crippen molar-refractivity contribution in [1.82, 2.24) is 9.97 Å². The molecule has 0 aliphatic carbocycles. The molecule has 0 bridgehead atoms. The summed E-state index contributed by atoms with van der Waals surface area (Å²) in [6, 6.07) is 0. The van der Waals surface area contributed by atoms with Crippen molar-refractivity contribution in [3.8, 4) is 0 Å². The average Bonchev–Trinajstić information content (AvgIpc) is 2.39. The van der Waals surface area contributed by atoms with Crippen molar-refractivity contribution in [2.24, 2.45) is 0 Å². The second-order valence-electron chi connectivity index (χ2n) is 6.86. The van der Waals surface area contributed by atoms with E-state index in [2.05, 4.69) is 9.97 Å². The molecule has 1 aromatic rings. The van der Waals surface area contributed by atoms with Gasteiger partial charge in [-0.3, -0.25) is 0 Å². The topological polar surface area (TPSA) is 81.6 Å². The van der Waals surface area contributed by atoms with Crippen LogP contribution in [0.3, 0.4) is 0 Å². The number of hydrogen-bond donors (Lipinski definition) is 0. The molecule has 136 valence electrons. The smallest absolute Gasteiger partial charge is 0.427 e. The Morgan fingerprint density at radius 1 is 0.875 bits per heavy atom. The number of rotatable bonds is 1. The first-order chi connectivity index (χ1) is 10.9. The van der Waals surface area contributed by atoms with Gasteiger partial charge in [0.1, 0.15) is 11.2 Å². The third-order valence-electron chi connectivity index (χ3n) is 2.12. The van der Waals surface area contributed by atoms with E-state index in [4.69, 9.17) is 9.47 Å². The normalized spacial score (nSPS) is 11.0. The minimum atomic E-state index is -0.884. The number of imide groups is 1. The van der Waals surface area contributed by atoms with Gasteiger partial charge < -0.3 is 9.47 Å². The zero-order valence-corrected chi connectivity index (χ0v) is 16.1. The summed E-state index contributed by atoms with van der Waals surface area (Å²) in [5, 5.41) is 0. The molecule has 0 aromatic carbocycles. The first-order valence-corrected chi connectivity index (χ1v) is 7.94. The number of hydrogen-bond acceptors (Lipinski definition) is 6. The number of amides is 2. The van der Waals surface area contributed by atoms with Crippen LogP contribution in [0.15, 0.2) is 12.4 Å². The highest BCUT2D eigenvalue weighted by Gasteiger charge is 2.34. The highest BCUT2D eigenvalue weighted by molar-refractivity contribution is 6.08. The lowest BCUT2D eigenvalue weighted by Gasteiger charge is -2.27. The Hall–Kier alpha value is -2.18. The van der Waals surface area contributed by atoms with Gasteiger partial charge in [0.15, 0.2) is 0 Å². The van der Waals surface area contributed by atoms with Gasteiger partial charge in [-0.2, -0.15) is 0 Å². The van der Waals surface area contributed by atoms with E-state index in [1.165, 1.54) is 12.4 Å². The van der Waals surface area contributed by atoms with Gasteiger partial charge in [0.05, 0.1) is 0 Å². The fraction of sp³-hybridized carbons (Fsp3) is 0.647. The standard InChI is InChI=1S/C15H23N3O4.C2H6/c1-10-8-16-11(17-9-10)18(12(19)21-14(2,3)4)13(20)22-15(5,6)7;1-2/h8-9H,1-7H3;1-2H3. The van der Waals surface area contributed by atoms with E-state index in [9.17, 15) is 9.59 Å². The Kier molecular flexibility index (Phi) is 7.83. The van der Waals surface area contributed by atoms with Crippen molar-refractivity contribution in [2.45, 2.75) is 73.5 Å². The van der Waals surface area contributed by atoms with Gasteiger partial charge in [-0.15, -0.1) is 4.90 Å². The maximum atomic E-state index is 12.3. The third kappa shape index (κ3) is 7.89. The fourth-order valence-corrected chi connectivity index (χ4v) is 1.35. The van der Waals surface area contributed by atoms with Crippen molar-refractivity contribution < 1.29 is 19.1 Å². The molecular formula is C17H29N3O4. The lowest BCUT2D eigenvalue weighted by atomic mass is 10.2. The molecule has 7 heteroatoms. The first kappa shape index (κ1) is 21.8. The SMILES string of the molecule is CC.Cc1cnc(N(C(=O)OC(C)(C)C)C(=O)OC(C)(C)C)nc1. The van der Waals surface area contributed by atoms with E-state index < -0.39 is 23.4 Å². The Bertz CT molecular complexity index is 514. The summed E-state index contributed by atoms with van der Waals surface area (Å²) >= 11 is 0. The Labute approximate surface area is 144 Å². The van der Waals surface area contributed by atoms with Crippen LogP contribution >= 0.6 is 0 Å². The van der Waals surface area contributed by atoms with Gasteiger partial charge in [0, 0.05) is 12.4 Å². The molecule has 0 atom stereocenters. The van der Waals surface area contributed by atoms with Crippen molar-refractivity contribution in [3.63, 3.8) is 0 Å². The summed E-state index contributed by atoms with van der Waals surface area (Å²) < 4.78 is 10.5. The monoisotopic (exact) mass is 339 g/mol. The van der Waals surface area contributed by atoms with Crippen molar-refractivity contribution >= 4 is 18.1 Å². The van der Waals surface area contributed by atoms with Crippen molar-refractivity contribution in [1.29, 1.82) is 0 Å². The van der Waals surface area contributed by atoms with E-state index in [0.29, 0.717) is 4.90 Å². The van der Waals surface area contributed by atoms with Crippen LogP contribution in [-0.2, 0) is 9.47 Å². The second-order valence-corrected chi connectivity index (χ2v) is 6.86. The highest BCUT2D eigenvalue weighted by Crippen LogP contribution is 2.18. The lowest BCUT2D eigenvalue weighted by Crippen LogP contribution is -2.44.